The molecule has 0 aromatic carbocycles. The van der Waals surface area contributed by atoms with Gasteiger partial charge in [0.15, 0.2) is 0 Å². The first kappa shape index (κ1) is 11.1. The molecule has 6 heteroatoms. The van der Waals surface area contributed by atoms with Gasteiger partial charge < -0.3 is 20.4 Å². The minimum absolute atomic E-state index is 0.00981. The topological polar surface area (TPSA) is 87.0 Å². The van der Waals surface area contributed by atoms with Crippen LogP contribution in [0.5, 0.6) is 0 Å². The molecule has 1 aromatic rings. The molecule has 0 fully saturated rings. The van der Waals surface area contributed by atoms with Crippen LogP contribution < -0.4 is 5.73 Å². The van der Waals surface area contributed by atoms with Crippen molar-refractivity contribution in [2.45, 2.75) is 45.2 Å². The van der Waals surface area contributed by atoms with E-state index < -0.39 is 4.92 Å². The van der Waals surface area contributed by atoms with Crippen LogP contribution in [0, 0.1) is 10.1 Å². The van der Waals surface area contributed by atoms with Gasteiger partial charge in [0.25, 0.3) is 0 Å². The molecule has 2 heterocycles. The van der Waals surface area contributed by atoms with Crippen LogP contribution in [0.1, 0.15) is 37.7 Å². The van der Waals surface area contributed by atoms with E-state index in [0.29, 0.717) is 13.0 Å². The van der Waals surface area contributed by atoms with E-state index in [1.54, 1.807) is 0 Å². The van der Waals surface area contributed by atoms with Gasteiger partial charge in [-0.25, -0.2) is 0 Å². The maximum Gasteiger partial charge on any atom is 0.385 e. The standard InChI is InChI=1S/C10H16N4O2/c1-6(2)9-12-10(14(15)16)8-4-3-7(11)5-13(8)9/h6-7H,3-5,11H2,1-2H3. The smallest absolute Gasteiger partial charge is 0.358 e. The van der Waals surface area contributed by atoms with E-state index in [4.69, 9.17) is 5.73 Å². The van der Waals surface area contributed by atoms with E-state index in [9.17, 15) is 10.1 Å². The van der Waals surface area contributed by atoms with Crippen LogP contribution in [-0.2, 0) is 13.0 Å². The van der Waals surface area contributed by atoms with Gasteiger partial charge in [0.1, 0.15) is 5.69 Å². The molecule has 6 nitrogen and oxygen atoms in total. The summed E-state index contributed by atoms with van der Waals surface area (Å²) in [5, 5.41) is 10.9. The van der Waals surface area contributed by atoms with Gasteiger partial charge in [-0.3, -0.25) is 0 Å². The highest BCUT2D eigenvalue weighted by Crippen LogP contribution is 2.28. The Kier molecular flexibility index (Phi) is 2.67. The first-order valence-electron chi connectivity index (χ1n) is 5.50. The monoisotopic (exact) mass is 224 g/mol. The molecule has 1 aliphatic rings. The van der Waals surface area contributed by atoms with Crippen molar-refractivity contribution in [3.05, 3.63) is 21.6 Å². The molecule has 1 aromatic heterocycles. The van der Waals surface area contributed by atoms with Crippen LogP contribution in [0.15, 0.2) is 0 Å². The molecule has 1 unspecified atom stereocenters. The minimum atomic E-state index is -0.394. The average Bonchev–Trinajstić information content (AvgIpc) is 2.56. The van der Waals surface area contributed by atoms with Crippen LogP contribution >= 0.6 is 0 Å². The summed E-state index contributed by atoms with van der Waals surface area (Å²) < 4.78 is 1.93. The number of nitrogens with two attached hydrogens (primary N) is 1. The van der Waals surface area contributed by atoms with Gasteiger partial charge in [0, 0.05) is 18.5 Å². The predicted molar refractivity (Wildman–Crippen MR) is 59.3 cm³/mol. The van der Waals surface area contributed by atoms with Crippen LogP contribution in [0.2, 0.25) is 0 Å². The number of rotatable bonds is 2. The predicted octanol–water partition coefficient (Wildman–Crippen LogP) is 1.19. The second-order valence-electron chi connectivity index (χ2n) is 4.56. The first-order valence-corrected chi connectivity index (χ1v) is 5.50. The van der Waals surface area contributed by atoms with Crippen molar-refractivity contribution in [3.8, 4) is 0 Å². The second kappa shape index (κ2) is 3.86. The van der Waals surface area contributed by atoms with E-state index in [1.807, 2.05) is 18.4 Å². The number of aromatic nitrogens is 2. The van der Waals surface area contributed by atoms with Gasteiger partial charge in [-0.1, -0.05) is 13.8 Å². The van der Waals surface area contributed by atoms with Crippen LogP contribution in [-0.4, -0.2) is 20.5 Å². The maximum atomic E-state index is 10.9. The summed E-state index contributed by atoms with van der Waals surface area (Å²) in [6.45, 7) is 4.61. The fourth-order valence-electron chi connectivity index (χ4n) is 2.18. The molecule has 0 spiro atoms. The number of fused-ring (bicyclic) bond motifs is 1. The van der Waals surface area contributed by atoms with Crippen LogP contribution in [0.25, 0.3) is 0 Å². The summed E-state index contributed by atoms with van der Waals surface area (Å²) in [5.41, 5.74) is 6.62. The van der Waals surface area contributed by atoms with Crippen molar-refractivity contribution >= 4 is 5.82 Å². The lowest BCUT2D eigenvalue weighted by Gasteiger charge is -2.21. The Morgan fingerprint density at radius 2 is 2.31 bits per heavy atom. The third-order valence-corrected chi connectivity index (χ3v) is 2.94. The van der Waals surface area contributed by atoms with E-state index in [-0.39, 0.29) is 17.8 Å². The summed E-state index contributed by atoms with van der Waals surface area (Å²) >= 11 is 0. The number of nitrogens with zero attached hydrogens (tertiary/aromatic N) is 3. The highest BCUT2D eigenvalue weighted by Gasteiger charge is 2.32. The molecule has 0 radical (unpaired) electrons. The van der Waals surface area contributed by atoms with E-state index >= 15 is 0 Å². The van der Waals surface area contributed by atoms with Gasteiger partial charge in [-0.15, -0.1) is 0 Å². The Bertz CT molecular complexity index is 425. The van der Waals surface area contributed by atoms with Crippen molar-refractivity contribution < 1.29 is 4.92 Å². The van der Waals surface area contributed by atoms with Gasteiger partial charge in [-0.05, 0) is 22.7 Å². The van der Waals surface area contributed by atoms with Gasteiger partial charge >= 0.3 is 5.82 Å². The summed E-state index contributed by atoms with van der Waals surface area (Å²) in [6, 6.07) is 0.0822. The Morgan fingerprint density at radius 3 is 2.88 bits per heavy atom. The molecule has 16 heavy (non-hydrogen) atoms. The number of hydrogen-bond acceptors (Lipinski definition) is 4. The Hall–Kier alpha value is -1.43. The molecule has 2 N–H and O–H groups in total. The zero-order chi connectivity index (χ0) is 11.9. The second-order valence-corrected chi connectivity index (χ2v) is 4.56. The van der Waals surface area contributed by atoms with E-state index in [1.165, 1.54) is 0 Å². The summed E-state index contributed by atoms with van der Waals surface area (Å²) in [4.78, 5) is 14.6. The Labute approximate surface area is 93.6 Å². The molecule has 0 saturated carbocycles. The molecule has 0 aliphatic carbocycles. The lowest BCUT2D eigenvalue weighted by molar-refractivity contribution is -0.390. The average molecular weight is 224 g/mol. The molecular formula is C10H16N4O2. The molecule has 1 aliphatic heterocycles. The molecule has 0 bridgehead atoms. The molecular weight excluding hydrogens is 208 g/mol. The zero-order valence-electron chi connectivity index (χ0n) is 9.51. The highest BCUT2D eigenvalue weighted by molar-refractivity contribution is 5.32. The lowest BCUT2D eigenvalue weighted by Crippen LogP contribution is -2.32. The normalized spacial score (nSPS) is 19.9. The van der Waals surface area contributed by atoms with Crippen molar-refractivity contribution in [2.24, 2.45) is 5.73 Å². The van der Waals surface area contributed by atoms with Gasteiger partial charge in [0.2, 0.25) is 5.82 Å². The Balaban J connectivity index is 2.53. The van der Waals surface area contributed by atoms with Gasteiger partial charge in [0.05, 0.1) is 0 Å². The molecule has 0 amide bonds. The van der Waals surface area contributed by atoms with E-state index in [0.717, 1.165) is 17.9 Å². The Morgan fingerprint density at radius 1 is 1.62 bits per heavy atom. The quantitative estimate of drug-likeness (QED) is 0.603. The zero-order valence-corrected chi connectivity index (χ0v) is 9.51. The van der Waals surface area contributed by atoms with Gasteiger partial charge in [-0.2, -0.15) is 0 Å². The summed E-state index contributed by atoms with van der Waals surface area (Å²) in [6.07, 6.45) is 1.45. The summed E-state index contributed by atoms with van der Waals surface area (Å²) in [7, 11) is 0. The third-order valence-electron chi connectivity index (χ3n) is 2.94. The highest BCUT2D eigenvalue weighted by atomic mass is 16.6. The van der Waals surface area contributed by atoms with Crippen LogP contribution in [0.3, 0.4) is 0 Å². The minimum Gasteiger partial charge on any atom is -0.358 e. The number of nitro groups is 1. The molecule has 1 atom stereocenters. The number of hydrogen-bond donors (Lipinski definition) is 1. The van der Waals surface area contributed by atoms with Crippen molar-refractivity contribution in [1.82, 2.24) is 9.55 Å². The fourth-order valence-corrected chi connectivity index (χ4v) is 2.18. The maximum absolute atomic E-state index is 10.9. The number of imidazole rings is 1. The van der Waals surface area contributed by atoms with E-state index in [2.05, 4.69) is 4.98 Å². The lowest BCUT2D eigenvalue weighted by atomic mass is 10.1. The van der Waals surface area contributed by atoms with Crippen molar-refractivity contribution in [3.63, 3.8) is 0 Å². The van der Waals surface area contributed by atoms with Crippen molar-refractivity contribution in [1.29, 1.82) is 0 Å². The SMILES string of the molecule is CC(C)c1nc([N+](=O)[O-])c2n1CC(N)CC2. The summed E-state index contributed by atoms with van der Waals surface area (Å²) in [5.74, 6) is 0.963. The molecule has 88 valence electrons. The third kappa shape index (κ3) is 1.69. The fraction of sp³-hybridized carbons (Fsp3) is 0.700. The first-order chi connectivity index (χ1) is 7.50. The van der Waals surface area contributed by atoms with Crippen molar-refractivity contribution in [2.75, 3.05) is 0 Å². The molecule has 0 saturated heterocycles. The molecule has 2 rings (SSSR count). The largest absolute Gasteiger partial charge is 0.385 e. The van der Waals surface area contributed by atoms with Crippen LogP contribution in [0.4, 0.5) is 5.82 Å².